The molecule has 3 nitrogen and oxygen atoms in total. The zero-order valence-corrected chi connectivity index (χ0v) is 15.9. The van der Waals surface area contributed by atoms with Gasteiger partial charge in [-0.05, 0) is 31.6 Å². The van der Waals surface area contributed by atoms with E-state index in [-0.39, 0.29) is 77.9 Å². The van der Waals surface area contributed by atoms with Gasteiger partial charge < -0.3 is 14.2 Å². The summed E-state index contributed by atoms with van der Waals surface area (Å²) in [4.78, 5) is 0. The third-order valence-corrected chi connectivity index (χ3v) is 3.22. The van der Waals surface area contributed by atoms with Gasteiger partial charge in [-0.15, -0.1) is 0 Å². The highest BCUT2D eigenvalue weighted by atomic mass is 16.5. The zero-order chi connectivity index (χ0) is 16.8. The molecule has 0 N–H and O–H groups in total. The van der Waals surface area contributed by atoms with Crippen molar-refractivity contribution in [2.24, 2.45) is 11.3 Å². The second kappa shape index (κ2) is 46.2. The minimum Gasteiger partial charge on any atom is -0.385 e. The lowest BCUT2D eigenvalue weighted by atomic mass is 9.79. The van der Waals surface area contributed by atoms with Crippen LogP contribution in [0, 0.1) is 11.3 Å². The molecule has 0 saturated heterocycles. The third-order valence-electron chi connectivity index (χ3n) is 3.22. The smallest absolute Gasteiger partial charge is 0.0670 e. The molecule has 0 rings (SSSR count). The number of methoxy groups -OCH3 is 3. The van der Waals surface area contributed by atoms with Crippen LogP contribution in [-0.2, 0) is 14.2 Å². The van der Waals surface area contributed by atoms with Crippen molar-refractivity contribution in [2.75, 3.05) is 34.5 Å². The van der Waals surface area contributed by atoms with Gasteiger partial charge in [0.25, 0.3) is 0 Å². The van der Waals surface area contributed by atoms with Gasteiger partial charge in [0.1, 0.15) is 0 Å². The van der Waals surface area contributed by atoms with E-state index in [2.05, 4.69) is 55.4 Å². The van der Waals surface area contributed by atoms with Crippen molar-refractivity contribution in [1.29, 1.82) is 0 Å². The summed E-state index contributed by atoms with van der Waals surface area (Å²) in [6, 6.07) is 0. The Morgan fingerprint density at radius 3 is 0.931 bits per heavy atom. The number of rotatable bonds is 5. The fraction of sp³-hybridized carbons (Fsp3) is 1.00. The standard InChI is InChI=1S/C8H18O.C5H12O.C4H10O.9CH4/c1-7(2,3)8(4,5)9-6;1-5(2)4-6-3;1-3-4-5-2;;;;;;;;;/h1-6H3;5H,4H2,1-3H3;3-4H2,1-2H3;9*1H4. The summed E-state index contributed by atoms with van der Waals surface area (Å²) in [6.07, 6.45) is 1.12. The second-order valence-electron chi connectivity index (χ2n) is 6.81. The normalized spacial score (nSPS) is 7.86. The molecule has 0 aromatic rings. The van der Waals surface area contributed by atoms with Crippen LogP contribution in [0.2, 0.25) is 0 Å². The van der Waals surface area contributed by atoms with E-state index in [1.54, 1.807) is 21.3 Å². The molecular formula is C26H76O3. The molecule has 0 fully saturated rings. The van der Waals surface area contributed by atoms with Gasteiger partial charge in [-0.25, -0.2) is 0 Å². The van der Waals surface area contributed by atoms with Crippen LogP contribution in [0.1, 0.15) is 129 Å². The highest BCUT2D eigenvalue weighted by molar-refractivity contribution is 4.82. The van der Waals surface area contributed by atoms with Crippen LogP contribution >= 0.6 is 0 Å². The van der Waals surface area contributed by atoms with Crippen molar-refractivity contribution in [3.63, 3.8) is 0 Å². The number of hydrogen-bond acceptors (Lipinski definition) is 3. The molecule has 3 heteroatoms. The molecule has 0 aliphatic carbocycles. The fourth-order valence-electron chi connectivity index (χ4n) is 0.844. The van der Waals surface area contributed by atoms with Crippen molar-refractivity contribution in [1.82, 2.24) is 0 Å². The zero-order valence-electron chi connectivity index (χ0n) is 15.9. The van der Waals surface area contributed by atoms with Crippen LogP contribution in [-0.4, -0.2) is 40.1 Å². The molecule has 0 heterocycles. The molecule has 0 aromatic heterocycles. The average molecular weight is 437 g/mol. The Balaban J connectivity index is -0.0000000133. The van der Waals surface area contributed by atoms with E-state index in [1.165, 1.54) is 0 Å². The minimum absolute atomic E-state index is 0. The lowest BCUT2D eigenvalue weighted by Gasteiger charge is -2.37. The van der Waals surface area contributed by atoms with E-state index in [0.717, 1.165) is 19.6 Å². The SMILES string of the molecule is C.C.C.C.C.C.C.C.C.CCCOC.COC(C)(C)C(C)(C)C.COCC(C)C. The fourth-order valence-corrected chi connectivity index (χ4v) is 0.844. The number of ether oxygens (including phenoxy) is 3. The van der Waals surface area contributed by atoms with Crippen molar-refractivity contribution in [2.45, 2.75) is 134 Å². The van der Waals surface area contributed by atoms with Crippen molar-refractivity contribution in [3.8, 4) is 0 Å². The molecule has 0 amide bonds. The summed E-state index contributed by atoms with van der Waals surface area (Å²) in [5.74, 6) is 0.676. The van der Waals surface area contributed by atoms with Gasteiger partial charge in [-0.3, -0.25) is 0 Å². The van der Waals surface area contributed by atoms with E-state index < -0.39 is 0 Å². The Bertz CT molecular complexity index is 181. The van der Waals surface area contributed by atoms with Crippen molar-refractivity contribution < 1.29 is 14.2 Å². The summed E-state index contributed by atoms with van der Waals surface area (Å²) in [5.41, 5.74) is 0.203. The molecule has 0 radical (unpaired) electrons. The molecule has 0 bridgehead atoms. The Morgan fingerprint density at radius 1 is 0.621 bits per heavy atom. The molecule has 0 spiro atoms. The van der Waals surface area contributed by atoms with Gasteiger partial charge in [0.15, 0.2) is 0 Å². The van der Waals surface area contributed by atoms with Crippen molar-refractivity contribution in [3.05, 3.63) is 0 Å². The lowest BCUT2D eigenvalue weighted by Crippen LogP contribution is -2.38. The molecule has 0 aliphatic heterocycles. The topological polar surface area (TPSA) is 27.7 Å². The van der Waals surface area contributed by atoms with Crippen LogP contribution in [0.4, 0.5) is 0 Å². The lowest BCUT2D eigenvalue weighted by molar-refractivity contribution is -0.0620. The van der Waals surface area contributed by atoms with E-state index in [9.17, 15) is 0 Å². The maximum Gasteiger partial charge on any atom is 0.0670 e. The van der Waals surface area contributed by atoms with E-state index in [0.29, 0.717) is 5.92 Å². The van der Waals surface area contributed by atoms with Gasteiger partial charge >= 0.3 is 0 Å². The summed E-state index contributed by atoms with van der Waals surface area (Å²) in [5, 5.41) is 0. The highest BCUT2D eigenvalue weighted by Gasteiger charge is 2.32. The second-order valence-corrected chi connectivity index (χ2v) is 6.81. The average Bonchev–Trinajstić information content (AvgIpc) is 2.30. The van der Waals surface area contributed by atoms with Gasteiger partial charge in [0, 0.05) is 34.5 Å². The van der Waals surface area contributed by atoms with E-state index >= 15 is 0 Å². The first-order valence-corrected chi connectivity index (χ1v) is 7.53. The van der Waals surface area contributed by atoms with Crippen LogP contribution in [0.15, 0.2) is 0 Å². The predicted molar refractivity (Wildman–Crippen MR) is 150 cm³/mol. The first-order chi connectivity index (χ1) is 8.99. The van der Waals surface area contributed by atoms with Gasteiger partial charge in [-0.1, -0.05) is 108 Å². The predicted octanol–water partition coefficient (Wildman–Crippen LogP) is 10.5. The van der Waals surface area contributed by atoms with Crippen LogP contribution < -0.4 is 0 Å². The quantitative estimate of drug-likeness (QED) is 0.428. The van der Waals surface area contributed by atoms with Crippen LogP contribution in [0.25, 0.3) is 0 Å². The molecule has 0 aromatic carbocycles. The van der Waals surface area contributed by atoms with Gasteiger partial charge in [-0.2, -0.15) is 0 Å². The molecule has 0 saturated carbocycles. The van der Waals surface area contributed by atoms with Crippen LogP contribution in [0.3, 0.4) is 0 Å². The molecule has 198 valence electrons. The Hall–Kier alpha value is -0.120. The summed E-state index contributed by atoms with van der Waals surface area (Å²) >= 11 is 0. The monoisotopic (exact) mass is 437 g/mol. The summed E-state index contributed by atoms with van der Waals surface area (Å²) < 4.78 is 14.8. The van der Waals surface area contributed by atoms with E-state index in [4.69, 9.17) is 14.2 Å². The summed E-state index contributed by atoms with van der Waals surface area (Å²) in [6.45, 7) is 18.8. The van der Waals surface area contributed by atoms with E-state index in [1.807, 2.05) is 0 Å². The number of hydrogen-bond donors (Lipinski definition) is 0. The van der Waals surface area contributed by atoms with Gasteiger partial charge in [0.2, 0.25) is 0 Å². The van der Waals surface area contributed by atoms with Gasteiger partial charge in [0.05, 0.1) is 5.60 Å². The Kier molecular flexibility index (Phi) is 126. The first-order valence-electron chi connectivity index (χ1n) is 7.53. The molecule has 0 atom stereocenters. The molecule has 29 heavy (non-hydrogen) atoms. The largest absolute Gasteiger partial charge is 0.385 e. The van der Waals surface area contributed by atoms with Crippen LogP contribution in [0.5, 0.6) is 0 Å². The summed E-state index contributed by atoms with van der Waals surface area (Å²) in [7, 11) is 5.19. The third kappa shape index (κ3) is 65.5. The Morgan fingerprint density at radius 2 is 0.931 bits per heavy atom. The maximum atomic E-state index is 5.30. The minimum atomic E-state index is -0.0208. The highest BCUT2D eigenvalue weighted by Crippen LogP contribution is 2.31. The maximum absolute atomic E-state index is 5.30. The molecule has 0 unspecified atom stereocenters. The Labute approximate surface area is 194 Å². The first kappa shape index (κ1) is 78.8. The molecule has 0 aliphatic rings. The van der Waals surface area contributed by atoms with Crippen molar-refractivity contribution >= 4 is 0 Å². The molecular weight excluding hydrogens is 360 g/mol.